The van der Waals surface area contributed by atoms with Crippen LogP contribution < -0.4 is 0 Å². The van der Waals surface area contributed by atoms with Gasteiger partial charge in [-0.2, -0.15) is 0 Å². The molecule has 0 aliphatic carbocycles. The monoisotopic (exact) mass is 338 g/mol. The number of hydrogen-bond acceptors (Lipinski definition) is 6. The fourth-order valence-corrected chi connectivity index (χ4v) is 4.03. The molecular formula is C16H26N4O2S. The molecule has 0 radical (unpaired) electrons. The number of carbonyl (C=O) groups excluding carboxylic acids is 1. The van der Waals surface area contributed by atoms with E-state index in [1.165, 1.54) is 0 Å². The van der Waals surface area contributed by atoms with Crippen molar-refractivity contribution in [3.8, 4) is 0 Å². The molecule has 7 heteroatoms. The second-order valence-electron chi connectivity index (χ2n) is 6.39. The van der Waals surface area contributed by atoms with Crippen LogP contribution in [0.2, 0.25) is 0 Å². The van der Waals surface area contributed by atoms with E-state index in [0.29, 0.717) is 13.0 Å². The van der Waals surface area contributed by atoms with Crippen LogP contribution in [0.5, 0.6) is 0 Å². The van der Waals surface area contributed by atoms with E-state index < -0.39 is 0 Å². The Balaban J connectivity index is 1.54. The molecule has 2 aliphatic rings. The van der Waals surface area contributed by atoms with Crippen LogP contribution in [0.1, 0.15) is 23.2 Å². The summed E-state index contributed by atoms with van der Waals surface area (Å²) >= 11 is 1.69. The fraction of sp³-hybridized carbons (Fsp3) is 0.750. The molecule has 0 N–H and O–H groups in total. The molecule has 0 spiro atoms. The molecule has 3 rings (SSSR count). The molecular weight excluding hydrogens is 312 g/mol. The first-order valence-electron chi connectivity index (χ1n) is 8.33. The molecule has 1 unspecified atom stereocenters. The lowest BCUT2D eigenvalue weighted by atomic mass is 10.2. The zero-order valence-corrected chi connectivity index (χ0v) is 14.8. The molecule has 1 aromatic rings. The van der Waals surface area contributed by atoms with Gasteiger partial charge in [-0.3, -0.25) is 9.69 Å². The lowest BCUT2D eigenvalue weighted by Crippen LogP contribution is -2.48. The highest BCUT2D eigenvalue weighted by atomic mass is 32.1. The van der Waals surface area contributed by atoms with Crippen LogP contribution in [-0.2, 0) is 9.53 Å². The van der Waals surface area contributed by atoms with E-state index in [-0.39, 0.29) is 11.9 Å². The van der Waals surface area contributed by atoms with E-state index in [1.807, 2.05) is 11.8 Å². The highest BCUT2D eigenvalue weighted by Crippen LogP contribution is 2.27. The number of aromatic nitrogens is 1. The summed E-state index contributed by atoms with van der Waals surface area (Å²) in [4.78, 5) is 23.7. The Bertz CT molecular complexity index is 528. The molecule has 2 fully saturated rings. The third-order valence-electron chi connectivity index (χ3n) is 4.63. The van der Waals surface area contributed by atoms with Gasteiger partial charge in [-0.25, -0.2) is 4.98 Å². The Hall–Kier alpha value is -1.02. The summed E-state index contributed by atoms with van der Waals surface area (Å²) in [6.45, 7) is 8.76. The minimum atomic E-state index is 0.197. The number of ether oxygens (including phenoxy) is 1. The van der Waals surface area contributed by atoms with E-state index in [0.717, 1.165) is 56.6 Å². The number of likely N-dealkylation sites (N-methyl/N-ethyl adjacent to an activating group) is 1. The molecule has 6 nitrogen and oxygen atoms in total. The lowest BCUT2D eigenvalue weighted by molar-refractivity contribution is -0.133. The Morgan fingerprint density at radius 2 is 2.13 bits per heavy atom. The van der Waals surface area contributed by atoms with Crippen molar-refractivity contribution in [2.45, 2.75) is 19.4 Å². The van der Waals surface area contributed by atoms with E-state index in [2.05, 4.69) is 27.2 Å². The first kappa shape index (κ1) is 16.8. The normalized spacial score (nSPS) is 24.1. The first-order valence-corrected chi connectivity index (χ1v) is 9.21. The van der Waals surface area contributed by atoms with Crippen LogP contribution in [0, 0.1) is 6.92 Å². The second-order valence-corrected chi connectivity index (χ2v) is 7.28. The predicted molar refractivity (Wildman–Crippen MR) is 90.7 cm³/mol. The van der Waals surface area contributed by atoms with Gasteiger partial charge in [0.05, 0.1) is 19.3 Å². The largest absolute Gasteiger partial charge is 0.378 e. The number of piperazine rings is 1. The number of aryl methyl sites for hydroxylation is 1. The lowest BCUT2D eigenvalue weighted by Gasteiger charge is -2.36. The van der Waals surface area contributed by atoms with Crippen LogP contribution in [-0.4, -0.2) is 85.1 Å². The van der Waals surface area contributed by atoms with Crippen molar-refractivity contribution in [2.24, 2.45) is 0 Å². The molecule has 1 aromatic heterocycles. The third kappa shape index (κ3) is 4.29. The van der Waals surface area contributed by atoms with Gasteiger partial charge in [-0.1, -0.05) is 0 Å². The minimum Gasteiger partial charge on any atom is -0.378 e. The molecule has 0 saturated carbocycles. The van der Waals surface area contributed by atoms with Gasteiger partial charge in [0.15, 0.2) is 0 Å². The van der Waals surface area contributed by atoms with Crippen molar-refractivity contribution in [1.82, 2.24) is 19.7 Å². The van der Waals surface area contributed by atoms with Gasteiger partial charge in [-0.15, -0.1) is 11.3 Å². The maximum atomic E-state index is 12.4. The number of hydrogen-bond donors (Lipinski definition) is 0. The highest BCUT2D eigenvalue weighted by molar-refractivity contribution is 7.09. The van der Waals surface area contributed by atoms with Gasteiger partial charge < -0.3 is 14.5 Å². The number of carbonyl (C=O) groups is 1. The predicted octanol–water partition coefficient (Wildman–Crippen LogP) is 0.989. The summed E-state index contributed by atoms with van der Waals surface area (Å²) in [6, 6.07) is 0.197. The molecule has 128 valence electrons. The topological polar surface area (TPSA) is 48.9 Å². The van der Waals surface area contributed by atoms with E-state index in [9.17, 15) is 4.79 Å². The Morgan fingerprint density at radius 3 is 2.83 bits per heavy atom. The van der Waals surface area contributed by atoms with Crippen molar-refractivity contribution in [2.75, 3.05) is 59.5 Å². The molecule has 0 bridgehead atoms. The number of rotatable bonds is 4. The number of morpholine rings is 1. The summed E-state index contributed by atoms with van der Waals surface area (Å²) < 4.78 is 5.64. The smallest absolute Gasteiger partial charge is 0.223 e. The van der Waals surface area contributed by atoms with E-state index in [4.69, 9.17) is 4.74 Å². The van der Waals surface area contributed by atoms with Crippen molar-refractivity contribution < 1.29 is 9.53 Å². The van der Waals surface area contributed by atoms with Crippen molar-refractivity contribution in [3.05, 3.63) is 16.1 Å². The van der Waals surface area contributed by atoms with Crippen molar-refractivity contribution in [1.29, 1.82) is 0 Å². The Morgan fingerprint density at radius 1 is 1.35 bits per heavy atom. The molecule has 3 heterocycles. The van der Waals surface area contributed by atoms with E-state index in [1.54, 1.807) is 11.3 Å². The number of amides is 1. The van der Waals surface area contributed by atoms with Crippen molar-refractivity contribution in [3.63, 3.8) is 0 Å². The molecule has 1 atom stereocenters. The van der Waals surface area contributed by atoms with Gasteiger partial charge in [0, 0.05) is 56.8 Å². The molecule has 0 aromatic carbocycles. The molecule has 2 saturated heterocycles. The maximum absolute atomic E-state index is 12.4. The van der Waals surface area contributed by atoms with Crippen LogP contribution >= 0.6 is 11.3 Å². The summed E-state index contributed by atoms with van der Waals surface area (Å²) in [6.07, 6.45) is 0.588. The molecule has 23 heavy (non-hydrogen) atoms. The summed E-state index contributed by atoms with van der Waals surface area (Å²) in [5.74, 6) is 0.277. The maximum Gasteiger partial charge on any atom is 0.223 e. The third-order valence-corrected chi connectivity index (χ3v) is 5.69. The number of thiazole rings is 1. The second kappa shape index (κ2) is 7.70. The van der Waals surface area contributed by atoms with Gasteiger partial charge >= 0.3 is 0 Å². The quantitative estimate of drug-likeness (QED) is 0.819. The average molecular weight is 338 g/mol. The zero-order valence-electron chi connectivity index (χ0n) is 14.0. The average Bonchev–Trinajstić information content (AvgIpc) is 3.00. The van der Waals surface area contributed by atoms with E-state index >= 15 is 0 Å². The van der Waals surface area contributed by atoms with Crippen LogP contribution in [0.15, 0.2) is 5.38 Å². The number of nitrogens with zero attached hydrogens (tertiary/aromatic N) is 4. The summed E-state index contributed by atoms with van der Waals surface area (Å²) in [5, 5.41) is 3.19. The van der Waals surface area contributed by atoms with Crippen LogP contribution in [0.4, 0.5) is 0 Å². The first-order chi connectivity index (χ1) is 11.1. The fourth-order valence-electron chi connectivity index (χ4n) is 3.11. The molecule has 2 aliphatic heterocycles. The summed E-state index contributed by atoms with van der Waals surface area (Å²) in [7, 11) is 2.11. The molecule has 1 amide bonds. The van der Waals surface area contributed by atoms with Crippen LogP contribution in [0.25, 0.3) is 0 Å². The Labute approximate surface area is 142 Å². The minimum absolute atomic E-state index is 0.197. The SMILES string of the molecule is Cc1csc(C2COCCN2CCC(=O)N2CCN(C)CC2)n1. The van der Waals surface area contributed by atoms with Gasteiger partial charge in [-0.05, 0) is 14.0 Å². The summed E-state index contributed by atoms with van der Waals surface area (Å²) in [5.41, 5.74) is 1.06. The zero-order chi connectivity index (χ0) is 16.2. The highest BCUT2D eigenvalue weighted by Gasteiger charge is 2.28. The van der Waals surface area contributed by atoms with Gasteiger partial charge in [0.2, 0.25) is 5.91 Å². The Kier molecular flexibility index (Phi) is 5.63. The van der Waals surface area contributed by atoms with Crippen LogP contribution in [0.3, 0.4) is 0 Å². The van der Waals surface area contributed by atoms with Crippen molar-refractivity contribution >= 4 is 17.2 Å². The standard InChI is InChI=1S/C16H26N4O2S/c1-13-12-23-16(17-13)14-11-22-10-9-19(14)4-3-15(21)20-7-5-18(2)6-8-20/h12,14H,3-11H2,1-2H3. The van der Waals surface area contributed by atoms with Gasteiger partial charge in [0.1, 0.15) is 5.01 Å². The van der Waals surface area contributed by atoms with Gasteiger partial charge in [0.25, 0.3) is 0 Å².